The van der Waals surface area contributed by atoms with Gasteiger partial charge in [0.25, 0.3) is 0 Å². The number of carbonyl (C=O) groups is 1. The van der Waals surface area contributed by atoms with Gasteiger partial charge in [-0.3, -0.25) is 0 Å². The van der Waals surface area contributed by atoms with Gasteiger partial charge in [-0.15, -0.1) is 0 Å². The van der Waals surface area contributed by atoms with Crippen molar-refractivity contribution in [2.45, 2.75) is 19.6 Å². The molecular weight excluding hydrogens is 334 g/mol. The summed E-state index contributed by atoms with van der Waals surface area (Å²) < 4.78 is 31.8. The molecule has 7 nitrogen and oxygen atoms in total. The van der Waals surface area contributed by atoms with Crippen LogP contribution in [0.2, 0.25) is 19.6 Å². The quantitative estimate of drug-likeness (QED) is 0.446. The molecule has 0 aliphatic rings. The first-order chi connectivity index (χ1) is 10.5. The summed E-state index contributed by atoms with van der Waals surface area (Å²) in [6.45, 7) is 5.97. The minimum atomic E-state index is -3.90. The van der Waals surface area contributed by atoms with Crippen molar-refractivity contribution in [2.24, 2.45) is 0 Å². The Balaban J connectivity index is 3.93. The van der Waals surface area contributed by atoms with E-state index in [0.717, 1.165) is 8.28 Å². The molecule has 0 unspecified atom stereocenters. The van der Waals surface area contributed by atoms with Crippen molar-refractivity contribution in [3.05, 3.63) is 23.5 Å². The van der Waals surface area contributed by atoms with Crippen LogP contribution in [-0.4, -0.2) is 51.9 Å². The SMILES string of the molecule is COC(=O)c1c([Si](C)(C)C)c(/C=C\C#N)cn1S(=O)(=O)N(C)C. The summed E-state index contributed by atoms with van der Waals surface area (Å²) in [4.78, 5) is 12.3. The van der Waals surface area contributed by atoms with E-state index in [1.807, 2.05) is 25.7 Å². The van der Waals surface area contributed by atoms with Crippen LogP contribution in [0.1, 0.15) is 16.1 Å². The highest BCUT2D eigenvalue weighted by molar-refractivity contribution is 7.87. The van der Waals surface area contributed by atoms with Gasteiger partial charge in [0.15, 0.2) is 0 Å². The van der Waals surface area contributed by atoms with Gasteiger partial charge in [0.05, 0.1) is 21.3 Å². The number of ether oxygens (including phenoxy) is 1. The van der Waals surface area contributed by atoms with E-state index < -0.39 is 24.3 Å². The standard InChI is InChI=1S/C14H21N3O4SSi/c1-16(2)22(19,20)17-10-11(8-7-9-15)13(23(4,5)6)12(17)14(18)21-3/h7-8,10H,1-6H3/b8-7-. The maximum Gasteiger partial charge on any atom is 0.355 e. The minimum absolute atomic E-state index is 0.00189. The monoisotopic (exact) mass is 355 g/mol. The molecule has 1 aromatic heterocycles. The van der Waals surface area contributed by atoms with Crippen molar-refractivity contribution >= 4 is 35.5 Å². The zero-order valence-corrected chi connectivity index (χ0v) is 15.9. The van der Waals surface area contributed by atoms with Crippen molar-refractivity contribution in [3.63, 3.8) is 0 Å². The van der Waals surface area contributed by atoms with E-state index in [1.165, 1.54) is 39.6 Å². The van der Waals surface area contributed by atoms with E-state index in [4.69, 9.17) is 10.00 Å². The van der Waals surface area contributed by atoms with Gasteiger partial charge in [0.1, 0.15) is 5.69 Å². The van der Waals surface area contributed by atoms with Crippen LogP contribution in [0.5, 0.6) is 0 Å². The van der Waals surface area contributed by atoms with Crippen LogP contribution in [0.4, 0.5) is 0 Å². The second-order valence-electron chi connectivity index (χ2n) is 6.10. The molecule has 0 atom stereocenters. The van der Waals surface area contributed by atoms with Crippen molar-refractivity contribution in [1.82, 2.24) is 8.28 Å². The molecule has 1 rings (SSSR count). The Bertz CT molecular complexity index is 780. The van der Waals surface area contributed by atoms with Crippen LogP contribution in [0, 0.1) is 11.3 Å². The summed E-state index contributed by atoms with van der Waals surface area (Å²) in [6, 6.07) is 1.88. The maximum atomic E-state index is 12.5. The minimum Gasteiger partial charge on any atom is -0.464 e. The fraction of sp³-hybridized carbons (Fsp3) is 0.429. The lowest BCUT2D eigenvalue weighted by Crippen LogP contribution is -2.43. The Hall–Kier alpha value is -1.89. The van der Waals surface area contributed by atoms with E-state index in [0.29, 0.717) is 10.8 Å². The van der Waals surface area contributed by atoms with Crippen LogP contribution in [-0.2, 0) is 14.9 Å². The van der Waals surface area contributed by atoms with Gasteiger partial charge >= 0.3 is 16.2 Å². The predicted octanol–water partition coefficient (Wildman–Crippen LogP) is 1.01. The molecule has 0 saturated carbocycles. The molecule has 9 heteroatoms. The number of allylic oxidation sites excluding steroid dienone is 1. The van der Waals surface area contributed by atoms with E-state index in [-0.39, 0.29) is 5.69 Å². The van der Waals surface area contributed by atoms with Crippen LogP contribution < -0.4 is 5.19 Å². The van der Waals surface area contributed by atoms with Crippen molar-refractivity contribution in [3.8, 4) is 6.07 Å². The third-order valence-electron chi connectivity index (χ3n) is 3.18. The Kier molecular flexibility index (Phi) is 5.58. The van der Waals surface area contributed by atoms with E-state index in [9.17, 15) is 13.2 Å². The molecule has 0 N–H and O–H groups in total. The number of methoxy groups -OCH3 is 1. The zero-order valence-electron chi connectivity index (χ0n) is 14.1. The predicted molar refractivity (Wildman–Crippen MR) is 91.4 cm³/mol. The van der Waals surface area contributed by atoms with Crippen LogP contribution in [0.25, 0.3) is 6.08 Å². The second kappa shape index (κ2) is 6.70. The Morgan fingerprint density at radius 1 is 1.39 bits per heavy atom. The number of rotatable bonds is 5. The Morgan fingerprint density at radius 2 is 1.96 bits per heavy atom. The van der Waals surface area contributed by atoms with Crippen molar-refractivity contribution in [1.29, 1.82) is 5.26 Å². The number of nitriles is 1. The molecule has 0 saturated heterocycles. The molecule has 126 valence electrons. The normalized spacial score (nSPS) is 12.6. The summed E-state index contributed by atoms with van der Waals surface area (Å²) >= 11 is 0. The molecule has 0 radical (unpaired) electrons. The largest absolute Gasteiger partial charge is 0.464 e. The van der Waals surface area contributed by atoms with Gasteiger partial charge in [-0.25, -0.2) is 8.77 Å². The average molecular weight is 355 g/mol. The number of aromatic nitrogens is 1. The third-order valence-corrected chi connectivity index (χ3v) is 6.91. The summed E-state index contributed by atoms with van der Waals surface area (Å²) in [5, 5.41) is 9.39. The molecule has 0 fully saturated rings. The van der Waals surface area contributed by atoms with Gasteiger partial charge in [0, 0.05) is 26.4 Å². The lowest BCUT2D eigenvalue weighted by Gasteiger charge is -2.20. The smallest absolute Gasteiger partial charge is 0.355 e. The van der Waals surface area contributed by atoms with Gasteiger partial charge in [-0.2, -0.15) is 18.0 Å². The van der Waals surface area contributed by atoms with Crippen LogP contribution in [0.15, 0.2) is 12.3 Å². The molecular formula is C14H21N3O4SSi. The van der Waals surface area contributed by atoms with E-state index in [2.05, 4.69) is 0 Å². The van der Waals surface area contributed by atoms with E-state index >= 15 is 0 Å². The highest BCUT2D eigenvalue weighted by atomic mass is 32.2. The fourth-order valence-corrected chi connectivity index (χ4v) is 5.21. The summed E-state index contributed by atoms with van der Waals surface area (Å²) in [5.74, 6) is -0.718. The maximum absolute atomic E-state index is 12.5. The molecule has 23 heavy (non-hydrogen) atoms. The molecule has 0 aliphatic carbocycles. The number of hydrogen-bond acceptors (Lipinski definition) is 5. The number of carbonyl (C=O) groups excluding carboxylic acids is 1. The summed E-state index contributed by atoms with van der Waals surface area (Å²) in [6.07, 6.45) is 4.14. The van der Waals surface area contributed by atoms with Gasteiger partial charge in [0.2, 0.25) is 0 Å². The fourth-order valence-electron chi connectivity index (χ4n) is 2.19. The zero-order chi connectivity index (χ0) is 18.0. The first kappa shape index (κ1) is 19.2. The molecule has 0 amide bonds. The van der Waals surface area contributed by atoms with E-state index in [1.54, 1.807) is 0 Å². The first-order valence-corrected chi connectivity index (χ1v) is 11.7. The van der Waals surface area contributed by atoms with Gasteiger partial charge in [-0.05, 0) is 16.8 Å². The average Bonchev–Trinajstić information content (AvgIpc) is 2.84. The second-order valence-corrected chi connectivity index (χ2v) is 13.1. The van der Waals surface area contributed by atoms with Crippen LogP contribution >= 0.6 is 0 Å². The Labute approximate surface area is 138 Å². The number of esters is 1. The third kappa shape index (κ3) is 3.72. The van der Waals surface area contributed by atoms with Crippen LogP contribution in [0.3, 0.4) is 0 Å². The lowest BCUT2D eigenvalue weighted by molar-refractivity contribution is 0.0594. The Morgan fingerprint density at radius 3 is 2.35 bits per heavy atom. The van der Waals surface area contributed by atoms with Gasteiger partial charge < -0.3 is 4.74 Å². The summed E-state index contributed by atoms with van der Waals surface area (Å²) in [7, 11) is -2.03. The number of nitrogens with zero attached hydrogens (tertiary/aromatic N) is 3. The number of hydrogen-bond donors (Lipinski definition) is 0. The van der Waals surface area contributed by atoms with Crippen molar-refractivity contribution in [2.75, 3.05) is 21.2 Å². The highest BCUT2D eigenvalue weighted by Gasteiger charge is 2.35. The lowest BCUT2D eigenvalue weighted by atomic mass is 10.3. The topological polar surface area (TPSA) is 92.4 Å². The molecule has 0 aliphatic heterocycles. The van der Waals surface area contributed by atoms with Crippen molar-refractivity contribution < 1.29 is 17.9 Å². The molecule has 0 aromatic carbocycles. The molecule has 1 aromatic rings. The molecule has 0 bridgehead atoms. The highest BCUT2D eigenvalue weighted by Crippen LogP contribution is 2.19. The molecule has 0 spiro atoms. The summed E-state index contributed by atoms with van der Waals surface area (Å²) in [5.41, 5.74) is 0.537. The van der Waals surface area contributed by atoms with Gasteiger partial charge in [-0.1, -0.05) is 19.6 Å². The first-order valence-electron chi connectivity index (χ1n) is 6.81. The molecule has 1 heterocycles.